The number of amides is 1. The number of hydrogen-bond acceptors (Lipinski definition) is 7. The summed E-state index contributed by atoms with van der Waals surface area (Å²) in [6.45, 7) is 3.13. The van der Waals surface area contributed by atoms with E-state index in [4.69, 9.17) is 4.42 Å². The lowest BCUT2D eigenvalue weighted by atomic mass is 9.88. The number of nitrogens with zero attached hydrogens (tertiary/aromatic N) is 4. The predicted molar refractivity (Wildman–Crippen MR) is 110 cm³/mol. The summed E-state index contributed by atoms with van der Waals surface area (Å²) in [6.07, 6.45) is -3.57. The number of piperidine rings is 1. The topological polar surface area (TPSA) is 103 Å². The van der Waals surface area contributed by atoms with Gasteiger partial charge in [-0.25, -0.2) is 9.78 Å². The fourth-order valence-electron chi connectivity index (χ4n) is 4.57. The molecule has 0 spiro atoms. The Bertz CT molecular complexity index is 1190. The Morgan fingerprint density at radius 1 is 1.28 bits per heavy atom. The molecule has 6 rings (SSSR count). The standard InChI is InChI=1S/C20H19F3N4O4S/c1-19(2,30)12-6-11(16-24-3-4-32-16)15-14(13(12)20(21,22)23)25-17(31-15)26-7-9-5-10(8-26)27(9)18(28)29/h3-4,6,9-10,30H,5,7-8H2,1-2H3,(H,28,29). The summed E-state index contributed by atoms with van der Waals surface area (Å²) in [5.74, 6) is 0. The summed E-state index contributed by atoms with van der Waals surface area (Å²) in [7, 11) is 0. The minimum atomic E-state index is -4.78. The van der Waals surface area contributed by atoms with Gasteiger partial charge in [-0.2, -0.15) is 18.2 Å². The van der Waals surface area contributed by atoms with Crippen molar-refractivity contribution in [3.63, 3.8) is 0 Å². The van der Waals surface area contributed by atoms with Crippen LogP contribution in [0.25, 0.3) is 21.7 Å². The maximum atomic E-state index is 14.2. The van der Waals surface area contributed by atoms with E-state index in [2.05, 4.69) is 9.97 Å². The zero-order chi connectivity index (χ0) is 23.0. The van der Waals surface area contributed by atoms with Gasteiger partial charge < -0.3 is 19.5 Å². The van der Waals surface area contributed by atoms with Crippen molar-refractivity contribution >= 4 is 34.5 Å². The number of anilines is 1. The highest BCUT2D eigenvalue weighted by atomic mass is 32.1. The average Bonchev–Trinajstić information content (AvgIpc) is 3.34. The van der Waals surface area contributed by atoms with Gasteiger partial charge in [0.1, 0.15) is 10.5 Å². The molecule has 3 aromatic rings. The molecule has 2 atom stereocenters. The maximum Gasteiger partial charge on any atom is 0.419 e. The monoisotopic (exact) mass is 468 g/mol. The van der Waals surface area contributed by atoms with Gasteiger partial charge in [-0.3, -0.25) is 4.90 Å². The van der Waals surface area contributed by atoms with Crippen molar-refractivity contribution in [2.24, 2.45) is 0 Å². The number of halogens is 3. The van der Waals surface area contributed by atoms with E-state index in [1.54, 1.807) is 10.3 Å². The van der Waals surface area contributed by atoms with Crippen molar-refractivity contribution in [1.82, 2.24) is 14.9 Å². The highest BCUT2D eigenvalue weighted by Gasteiger charge is 2.49. The minimum absolute atomic E-state index is 0.00376. The molecule has 2 aromatic heterocycles. The molecule has 170 valence electrons. The molecule has 3 aliphatic heterocycles. The summed E-state index contributed by atoms with van der Waals surface area (Å²) in [5.41, 5.74) is -3.31. The average molecular weight is 468 g/mol. The number of aromatic nitrogens is 2. The van der Waals surface area contributed by atoms with Gasteiger partial charge in [0.2, 0.25) is 0 Å². The second kappa shape index (κ2) is 6.82. The van der Waals surface area contributed by atoms with E-state index in [9.17, 15) is 28.2 Å². The van der Waals surface area contributed by atoms with Crippen LogP contribution >= 0.6 is 11.3 Å². The molecule has 2 bridgehead atoms. The molecule has 5 heterocycles. The van der Waals surface area contributed by atoms with Crippen molar-refractivity contribution in [3.8, 4) is 10.6 Å². The highest BCUT2D eigenvalue weighted by molar-refractivity contribution is 7.13. The first-order valence-corrected chi connectivity index (χ1v) is 10.8. The molecule has 32 heavy (non-hydrogen) atoms. The SMILES string of the molecule is CC(C)(O)c1cc(-c2nccs2)c2oc(N3CC4CC(C3)N4C(=O)O)nc2c1C(F)(F)F. The van der Waals surface area contributed by atoms with Crippen molar-refractivity contribution in [1.29, 1.82) is 0 Å². The number of rotatable bonds is 3. The Kier molecular flexibility index (Phi) is 4.48. The van der Waals surface area contributed by atoms with Crippen LogP contribution in [-0.2, 0) is 11.8 Å². The molecule has 2 N–H and O–H groups in total. The summed E-state index contributed by atoms with van der Waals surface area (Å²) >= 11 is 1.23. The first kappa shape index (κ1) is 21.0. The van der Waals surface area contributed by atoms with Gasteiger partial charge in [0.15, 0.2) is 5.58 Å². The molecule has 0 radical (unpaired) electrons. The van der Waals surface area contributed by atoms with E-state index in [-0.39, 0.29) is 42.3 Å². The number of thiazole rings is 1. The number of carboxylic acid groups (broad SMARTS) is 1. The number of aliphatic hydroxyl groups is 1. The summed E-state index contributed by atoms with van der Waals surface area (Å²) in [4.78, 5) is 22.8. The molecule has 3 fully saturated rings. The third-order valence-corrected chi connectivity index (χ3v) is 6.75. The lowest BCUT2D eigenvalue weighted by Gasteiger charge is -2.54. The Labute approximate surface area is 183 Å². The summed E-state index contributed by atoms with van der Waals surface area (Å²) in [5, 5.41) is 22.0. The van der Waals surface area contributed by atoms with Crippen LogP contribution in [0.1, 0.15) is 31.4 Å². The van der Waals surface area contributed by atoms with Gasteiger partial charge in [0, 0.05) is 24.7 Å². The van der Waals surface area contributed by atoms with E-state index in [0.717, 1.165) is 0 Å². The van der Waals surface area contributed by atoms with Crippen LogP contribution in [0.5, 0.6) is 0 Å². The maximum absolute atomic E-state index is 14.2. The normalized spacial score (nSPS) is 21.2. The summed E-state index contributed by atoms with van der Waals surface area (Å²) < 4.78 is 48.3. The van der Waals surface area contributed by atoms with E-state index in [1.165, 1.54) is 42.3 Å². The number of hydrogen-bond donors (Lipinski definition) is 2. The Hall–Kier alpha value is -2.86. The first-order chi connectivity index (χ1) is 14.9. The number of fused-ring (bicyclic) bond motifs is 3. The van der Waals surface area contributed by atoms with Crippen LogP contribution in [-0.4, -0.2) is 56.3 Å². The molecule has 3 saturated heterocycles. The van der Waals surface area contributed by atoms with Crippen LogP contribution < -0.4 is 4.90 Å². The molecule has 1 aromatic carbocycles. The molecular formula is C20H19F3N4O4S. The number of piperazine rings is 1. The van der Waals surface area contributed by atoms with Gasteiger partial charge in [-0.1, -0.05) is 0 Å². The fraction of sp³-hybridized carbons (Fsp3) is 0.450. The Morgan fingerprint density at radius 2 is 1.97 bits per heavy atom. The van der Waals surface area contributed by atoms with E-state index >= 15 is 0 Å². The highest BCUT2D eigenvalue weighted by Crippen LogP contribution is 2.46. The number of carbonyl (C=O) groups is 1. The zero-order valence-corrected chi connectivity index (χ0v) is 17.9. The van der Waals surface area contributed by atoms with Crippen LogP contribution in [0.15, 0.2) is 22.1 Å². The molecule has 8 nitrogen and oxygen atoms in total. The largest absolute Gasteiger partial charge is 0.465 e. The minimum Gasteiger partial charge on any atom is -0.465 e. The van der Waals surface area contributed by atoms with Gasteiger partial charge in [-0.15, -0.1) is 11.3 Å². The quantitative estimate of drug-likeness (QED) is 0.596. The van der Waals surface area contributed by atoms with E-state index in [0.29, 0.717) is 17.0 Å². The fourth-order valence-corrected chi connectivity index (χ4v) is 5.22. The van der Waals surface area contributed by atoms with E-state index < -0.39 is 29.0 Å². The van der Waals surface area contributed by atoms with Crippen molar-refractivity contribution < 1.29 is 32.6 Å². The molecule has 0 aliphatic carbocycles. The Balaban J connectivity index is 1.69. The van der Waals surface area contributed by atoms with Crippen molar-refractivity contribution in [2.75, 3.05) is 18.0 Å². The molecular weight excluding hydrogens is 449 g/mol. The molecule has 2 unspecified atom stereocenters. The van der Waals surface area contributed by atoms with Crippen LogP contribution in [0.4, 0.5) is 24.0 Å². The molecule has 0 saturated carbocycles. The molecule has 12 heteroatoms. The molecule has 3 aliphatic rings. The van der Waals surface area contributed by atoms with E-state index in [1.807, 2.05) is 0 Å². The third kappa shape index (κ3) is 3.20. The number of benzene rings is 1. The van der Waals surface area contributed by atoms with Gasteiger partial charge in [0.25, 0.3) is 6.01 Å². The summed E-state index contributed by atoms with van der Waals surface area (Å²) in [6, 6.07) is 0.747. The predicted octanol–water partition coefficient (Wildman–Crippen LogP) is 4.14. The first-order valence-electron chi connectivity index (χ1n) is 9.89. The third-order valence-electron chi connectivity index (χ3n) is 5.95. The van der Waals surface area contributed by atoms with Crippen LogP contribution in [0, 0.1) is 0 Å². The van der Waals surface area contributed by atoms with Crippen molar-refractivity contribution in [3.05, 3.63) is 28.8 Å². The van der Waals surface area contributed by atoms with Crippen molar-refractivity contribution in [2.45, 2.75) is 44.1 Å². The Morgan fingerprint density at radius 3 is 2.50 bits per heavy atom. The second-order valence-electron chi connectivity index (χ2n) is 8.55. The van der Waals surface area contributed by atoms with Gasteiger partial charge in [-0.05, 0) is 31.9 Å². The van der Waals surface area contributed by atoms with Gasteiger partial charge in [0.05, 0.1) is 28.8 Å². The smallest absolute Gasteiger partial charge is 0.419 e. The van der Waals surface area contributed by atoms with Crippen LogP contribution in [0.3, 0.4) is 0 Å². The second-order valence-corrected chi connectivity index (χ2v) is 9.45. The molecule has 1 amide bonds. The number of oxazole rings is 1. The van der Waals surface area contributed by atoms with Crippen LogP contribution in [0.2, 0.25) is 0 Å². The lowest BCUT2D eigenvalue weighted by Crippen LogP contribution is -2.70. The zero-order valence-electron chi connectivity index (χ0n) is 17.0. The van der Waals surface area contributed by atoms with Gasteiger partial charge >= 0.3 is 12.3 Å². The lowest BCUT2D eigenvalue weighted by molar-refractivity contribution is -0.139. The number of alkyl halides is 3.